The van der Waals surface area contributed by atoms with E-state index in [0.717, 1.165) is 28.8 Å². The summed E-state index contributed by atoms with van der Waals surface area (Å²) in [5.74, 6) is -0.237. The van der Waals surface area contributed by atoms with Gasteiger partial charge in [-0.2, -0.15) is 0 Å². The molecule has 5 N–H and O–H groups in total. The molecule has 0 aliphatic carbocycles. The molecule has 4 atom stereocenters. The number of likely N-dealkylation sites (tertiary alicyclic amines) is 1. The van der Waals surface area contributed by atoms with Crippen LogP contribution in [0, 0.1) is 0 Å². The second-order valence-electron chi connectivity index (χ2n) is 15.8. The van der Waals surface area contributed by atoms with E-state index < -0.39 is 41.8 Å². The molecule has 0 radical (unpaired) electrons. The zero-order valence-corrected chi connectivity index (χ0v) is 36.3. The van der Waals surface area contributed by atoms with Crippen molar-refractivity contribution in [3.05, 3.63) is 144 Å². The topological polar surface area (TPSA) is 210 Å². The number of methoxy groups -OCH3 is 2. The molecule has 16 heteroatoms. The Hall–Kier alpha value is -7.59. The number of carbonyl (C=O) groups is 5. The number of amides is 3. The highest BCUT2D eigenvalue weighted by atomic mass is 16.5. The van der Waals surface area contributed by atoms with Gasteiger partial charge >= 0.3 is 18.2 Å². The summed E-state index contributed by atoms with van der Waals surface area (Å²) in [4.78, 5) is 84.6. The number of H-pyrrole nitrogens is 2. The lowest BCUT2D eigenvalue weighted by Crippen LogP contribution is -2.51. The number of aromatic amines is 2. The van der Waals surface area contributed by atoms with E-state index >= 15 is 0 Å². The quantitative estimate of drug-likeness (QED) is 0.0541. The number of rotatable bonds is 14. The number of nitrogens with zero attached hydrogens (tertiary/aromatic N) is 3. The summed E-state index contributed by atoms with van der Waals surface area (Å²) in [6.45, 7) is 2.92. The first kappa shape index (κ1) is 44.0. The lowest BCUT2D eigenvalue weighted by Gasteiger charge is -2.30. The molecular weight excluding hydrogens is 829 g/mol. The van der Waals surface area contributed by atoms with Crippen molar-refractivity contribution in [2.45, 2.75) is 56.3 Å². The lowest BCUT2D eigenvalue weighted by atomic mass is 9.84. The Morgan fingerprint density at radius 3 is 1.92 bits per heavy atom. The third-order valence-electron chi connectivity index (χ3n) is 12.0. The van der Waals surface area contributed by atoms with Gasteiger partial charge in [-0.1, -0.05) is 109 Å². The van der Waals surface area contributed by atoms with Gasteiger partial charge in [0.2, 0.25) is 0 Å². The molecule has 4 aromatic carbocycles. The van der Waals surface area contributed by atoms with Crippen LogP contribution in [-0.4, -0.2) is 88.6 Å². The summed E-state index contributed by atoms with van der Waals surface area (Å²) in [7, 11) is 2.51. The van der Waals surface area contributed by atoms with Gasteiger partial charge in [-0.05, 0) is 67.0 Å². The molecular formula is C49H50N8O8. The third kappa shape index (κ3) is 9.11. The van der Waals surface area contributed by atoms with Crippen molar-refractivity contribution in [3.8, 4) is 33.6 Å². The Morgan fingerprint density at radius 2 is 1.34 bits per heavy atom. The SMILES string of the molecule is CCOC(=O)c1[nH]c([C@@H]2CCCN2C(=O)[C@H](NC(=O)OC)c2ccccc2)nc1-c1ccc(-c2ccc(-c3cnc([C@]4(C(=O)[C@H](NC(=O)OC)c5ccccc5)CCCN4)[nH]3)cc2)cc1. The van der Waals surface area contributed by atoms with Crippen LogP contribution in [0.3, 0.4) is 0 Å². The van der Waals surface area contributed by atoms with Crippen molar-refractivity contribution in [1.82, 2.24) is 40.8 Å². The fraction of sp³-hybridized carbons (Fsp3) is 0.286. The molecule has 0 bridgehead atoms. The zero-order chi connectivity index (χ0) is 45.5. The second-order valence-corrected chi connectivity index (χ2v) is 15.8. The van der Waals surface area contributed by atoms with Crippen LogP contribution in [0.5, 0.6) is 0 Å². The van der Waals surface area contributed by atoms with Gasteiger partial charge in [0.1, 0.15) is 35.0 Å². The van der Waals surface area contributed by atoms with Crippen LogP contribution in [0.2, 0.25) is 0 Å². The molecule has 2 saturated heterocycles. The maximum atomic E-state index is 14.4. The maximum absolute atomic E-state index is 14.4. The van der Waals surface area contributed by atoms with Gasteiger partial charge in [-0.25, -0.2) is 24.4 Å². The Morgan fingerprint density at radius 1 is 0.754 bits per heavy atom. The number of hydrogen-bond acceptors (Lipinski definition) is 11. The lowest BCUT2D eigenvalue weighted by molar-refractivity contribution is -0.134. The van der Waals surface area contributed by atoms with E-state index in [9.17, 15) is 24.0 Å². The van der Waals surface area contributed by atoms with E-state index in [0.29, 0.717) is 66.4 Å². The van der Waals surface area contributed by atoms with Crippen molar-refractivity contribution in [2.24, 2.45) is 0 Å². The molecule has 2 fully saturated rings. The average molecular weight is 879 g/mol. The van der Waals surface area contributed by atoms with E-state index in [1.165, 1.54) is 14.2 Å². The summed E-state index contributed by atoms with van der Waals surface area (Å²) in [6, 6.07) is 31.2. The first-order valence-electron chi connectivity index (χ1n) is 21.6. The molecule has 4 heterocycles. The summed E-state index contributed by atoms with van der Waals surface area (Å²) in [5.41, 5.74) is 4.76. The predicted octanol–water partition coefficient (Wildman–Crippen LogP) is 7.32. The number of nitrogens with one attached hydrogen (secondary N) is 5. The third-order valence-corrected chi connectivity index (χ3v) is 12.0. The van der Waals surface area contributed by atoms with Gasteiger partial charge in [0.25, 0.3) is 5.91 Å². The van der Waals surface area contributed by atoms with Gasteiger partial charge in [0.05, 0.1) is 38.8 Å². The van der Waals surface area contributed by atoms with Crippen LogP contribution in [0.1, 0.15) is 84.0 Å². The number of esters is 1. The van der Waals surface area contributed by atoms with Gasteiger partial charge in [0.15, 0.2) is 11.5 Å². The molecule has 6 aromatic rings. The molecule has 334 valence electrons. The Labute approximate surface area is 375 Å². The Kier molecular flexibility index (Phi) is 13.2. The van der Waals surface area contributed by atoms with Crippen LogP contribution in [0.25, 0.3) is 33.6 Å². The number of aromatic nitrogens is 4. The first-order chi connectivity index (χ1) is 31.6. The molecule has 2 aliphatic heterocycles. The van der Waals surface area contributed by atoms with E-state index in [4.69, 9.17) is 24.2 Å². The molecule has 2 aliphatic rings. The van der Waals surface area contributed by atoms with Crippen LogP contribution >= 0.6 is 0 Å². The van der Waals surface area contributed by atoms with E-state index in [1.54, 1.807) is 54.4 Å². The van der Waals surface area contributed by atoms with Crippen LogP contribution in [-0.2, 0) is 29.3 Å². The molecule has 16 nitrogen and oxygen atoms in total. The normalized spacial score (nSPS) is 17.8. The highest BCUT2D eigenvalue weighted by Crippen LogP contribution is 2.38. The van der Waals surface area contributed by atoms with Crippen LogP contribution < -0.4 is 16.0 Å². The fourth-order valence-electron chi connectivity index (χ4n) is 8.69. The molecule has 0 saturated carbocycles. The Balaban J connectivity index is 1.02. The van der Waals surface area contributed by atoms with Crippen molar-refractivity contribution >= 4 is 29.8 Å². The van der Waals surface area contributed by atoms with Gasteiger partial charge < -0.3 is 39.7 Å². The molecule has 0 unspecified atom stereocenters. The number of hydrogen-bond donors (Lipinski definition) is 5. The molecule has 8 rings (SSSR count). The molecule has 65 heavy (non-hydrogen) atoms. The smallest absolute Gasteiger partial charge is 0.407 e. The van der Waals surface area contributed by atoms with Crippen molar-refractivity contribution < 1.29 is 38.2 Å². The maximum Gasteiger partial charge on any atom is 0.407 e. The number of imidazole rings is 2. The van der Waals surface area contributed by atoms with Crippen LogP contribution in [0.4, 0.5) is 9.59 Å². The number of carbonyl (C=O) groups excluding carboxylic acids is 5. The second kappa shape index (κ2) is 19.4. The molecule has 3 amide bonds. The summed E-state index contributed by atoms with van der Waals surface area (Å²) < 4.78 is 15.1. The minimum Gasteiger partial charge on any atom is -0.461 e. The molecule has 0 spiro atoms. The highest BCUT2D eigenvalue weighted by Gasteiger charge is 2.49. The van der Waals surface area contributed by atoms with Gasteiger partial charge in [0, 0.05) is 12.1 Å². The summed E-state index contributed by atoms with van der Waals surface area (Å²) in [6.07, 6.45) is 2.79. The minimum absolute atomic E-state index is 0.159. The predicted molar refractivity (Wildman–Crippen MR) is 240 cm³/mol. The number of ketones is 1. The van der Waals surface area contributed by atoms with Gasteiger partial charge in [-0.15, -0.1) is 0 Å². The fourth-order valence-corrected chi connectivity index (χ4v) is 8.69. The number of ether oxygens (including phenoxy) is 3. The minimum atomic E-state index is -1.16. The largest absolute Gasteiger partial charge is 0.461 e. The molecule has 2 aromatic heterocycles. The number of Topliss-reactive ketones (excluding diaryl/α,β-unsaturated/α-hetero) is 1. The van der Waals surface area contributed by atoms with E-state index in [1.807, 2.05) is 72.8 Å². The standard InChI is InChI=1S/C49H50N8O8/c1-4-65-45(60)41-38(53-43(54-41)37-17-11-28-57(37)44(59)40(56-48(62)64-3)34-15-9-6-10-16-34)35-24-20-31(21-25-35)30-18-22-32(23-19-30)36-29-50-46(52-36)49(26-12-27-51-49)42(58)39(55-47(61)63-2)33-13-7-5-8-14-33/h5-10,13-16,18-25,29,37,39-40,51H,4,11-12,17,26-28H2,1-3H3,(H,50,52)(H,53,54)(H,55,61)(H,56,62)/t37-,39+,40+,49+/m0/s1. The summed E-state index contributed by atoms with van der Waals surface area (Å²) >= 11 is 0. The Bertz CT molecular complexity index is 2640. The average Bonchev–Trinajstić information content (AvgIpc) is 4.20. The highest BCUT2D eigenvalue weighted by molar-refractivity contribution is 5.97. The summed E-state index contributed by atoms with van der Waals surface area (Å²) in [5, 5.41) is 8.80. The van der Waals surface area contributed by atoms with Crippen LogP contribution in [0.15, 0.2) is 115 Å². The first-order valence-corrected chi connectivity index (χ1v) is 21.6. The van der Waals surface area contributed by atoms with Crippen molar-refractivity contribution in [3.63, 3.8) is 0 Å². The van der Waals surface area contributed by atoms with E-state index in [-0.39, 0.29) is 24.0 Å². The monoisotopic (exact) mass is 878 g/mol. The van der Waals surface area contributed by atoms with Crippen molar-refractivity contribution in [2.75, 3.05) is 33.9 Å². The van der Waals surface area contributed by atoms with E-state index in [2.05, 4.69) is 25.9 Å². The number of alkyl carbamates (subject to hydrolysis) is 2. The van der Waals surface area contributed by atoms with Gasteiger partial charge in [-0.3, -0.25) is 14.9 Å². The number of benzene rings is 4. The van der Waals surface area contributed by atoms with Crippen molar-refractivity contribution in [1.29, 1.82) is 0 Å². The zero-order valence-electron chi connectivity index (χ0n) is 36.3.